The largest absolute Gasteiger partial charge is 0.476 e. The van der Waals surface area contributed by atoms with E-state index >= 15 is 0 Å². The molecule has 0 aromatic heterocycles. The van der Waals surface area contributed by atoms with Crippen molar-refractivity contribution >= 4 is 24.8 Å². The van der Waals surface area contributed by atoms with Crippen molar-refractivity contribution in [1.29, 1.82) is 0 Å². The predicted octanol–water partition coefficient (Wildman–Crippen LogP) is 3.89. The number of aliphatic carboxylic acids is 1. The van der Waals surface area contributed by atoms with E-state index in [1.165, 1.54) is 14.0 Å². The Kier molecular flexibility index (Phi) is 5.02. The third-order valence-electron chi connectivity index (χ3n) is 3.48. The summed E-state index contributed by atoms with van der Waals surface area (Å²) in [5, 5.41) is 11.2. The Morgan fingerprint density at radius 3 is 2.38 bits per heavy atom. The van der Waals surface area contributed by atoms with Gasteiger partial charge in [0.1, 0.15) is 13.8 Å². The fourth-order valence-corrected chi connectivity index (χ4v) is 2.54. The summed E-state index contributed by atoms with van der Waals surface area (Å²) in [4.78, 5) is 11.3. The van der Waals surface area contributed by atoms with Crippen LogP contribution in [-0.4, -0.2) is 32.0 Å². The summed E-state index contributed by atoms with van der Waals surface area (Å²) in [7, 11) is -0.130. The van der Waals surface area contributed by atoms with Gasteiger partial charge in [-0.15, -0.1) is 5.54 Å². The van der Waals surface area contributed by atoms with Crippen LogP contribution in [0.1, 0.15) is 12.5 Å². The van der Waals surface area contributed by atoms with Gasteiger partial charge >= 0.3 is 11.8 Å². The lowest BCUT2D eigenvalue weighted by molar-refractivity contribution is -0.197. The molecule has 2 rings (SSSR count). The molecular formula is C19H22O4Si. The number of hydrogen-bond donors (Lipinski definition) is 1. The molecule has 0 saturated carbocycles. The fourth-order valence-electron chi connectivity index (χ4n) is 2.02. The molecule has 24 heavy (non-hydrogen) atoms. The number of carboxylic acids is 1. The average molecular weight is 342 g/mol. The van der Waals surface area contributed by atoms with Crippen LogP contribution in [0, 0.1) is 11.5 Å². The molecular weight excluding hydrogens is 320 g/mol. The first-order valence-corrected chi connectivity index (χ1v) is 11.2. The molecule has 0 amide bonds. The number of carboxylic acid groups (broad SMARTS) is 1. The lowest BCUT2D eigenvalue weighted by Gasteiger charge is -2.24. The summed E-state index contributed by atoms with van der Waals surface area (Å²) in [5.41, 5.74) is 4.28. The summed E-state index contributed by atoms with van der Waals surface area (Å²) in [6.45, 7) is 7.97. The van der Waals surface area contributed by atoms with Crippen LogP contribution < -0.4 is 4.74 Å². The van der Waals surface area contributed by atoms with E-state index < -0.39 is 19.8 Å². The second kappa shape index (κ2) is 6.68. The number of benzene rings is 2. The van der Waals surface area contributed by atoms with Gasteiger partial charge in [0.25, 0.3) is 0 Å². The van der Waals surface area contributed by atoms with E-state index in [4.69, 9.17) is 9.47 Å². The molecule has 0 heterocycles. The van der Waals surface area contributed by atoms with E-state index in [0.717, 1.165) is 16.3 Å². The first-order chi connectivity index (χ1) is 11.1. The van der Waals surface area contributed by atoms with Crippen LogP contribution in [0.2, 0.25) is 19.6 Å². The molecule has 1 N–H and O–H groups in total. The summed E-state index contributed by atoms with van der Waals surface area (Å²) in [5.74, 6) is 0.761. The van der Waals surface area contributed by atoms with Gasteiger partial charge in [0.2, 0.25) is 0 Å². The third-order valence-corrected chi connectivity index (χ3v) is 4.36. The standard InChI is InChI=1S/C19H22O4Si/c1-19(22-2,18(20)21)23-17-9-8-15-7-6-14(12-16(15)13-17)10-11-24(3,4)5/h6-9,12-13H,1-5H3,(H,20,21). The van der Waals surface area contributed by atoms with Crippen molar-refractivity contribution in [2.45, 2.75) is 32.4 Å². The zero-order valence-electron chi connectivity index (χ0n) is 14.6. The van der Waals surface area contributed by atoms with Gasteiger partial charge in [-0.1, -0.05) is 37.7 Å². The van der Waals surface area contributed by atoms with Gasteiger partial charge in [-0.25, -0.2) is 4.79 Å². The molecule has 0 fully saturated rings. The number of hydrogen-bond acceptors (Lipinski definition) is 3. The highest BCUT2D eigenvalue weighted by molar-refractivity contribution is 6.83. The lowest BCUT2D eigenvalue weighted by atomic mass is 10.1. The molecule has 0 saturated heterocycles. The predicted molar refractivity (Wildman–Crippen MR) is 97.8 cm³/mol. The molecule has 0 aliphatic carbocycles. The van der Waals surface area contributed by atoms with E-state index in [0.29, 0.717) is 5.75 Å². The van der Waals surface area contributed by atoms with Crippen LogP contribution in [0.25, 0.3) is 10.8 Å². The van der Waals surface area contributed by atoms with Gasteiger partial charge in [0.15, 0.2) is 0 Å². The minimum Gasteiger partial charge on any atom is -0.476 e. The second-order valence-electron chi connectivity index (χ2n) is 6.78. The highest BCUT2D eigenvalue weighted by atomic mass is 28.3. The Labute approximate surface area is 143 Å². The molecule has 0 radical (unpaired) electrons. The highest BCUT2D eigenvalue weighted by Crippen LogP contribution is 2.25. The van der Waals surface area contributed by atoms with Gasteiger partial charge in [-0.05, 0) is 35.0 Å². The number of carbonyl (C=O) groups is 1. The van der Waals surface area contributed by atoms with E-state index in [1.807, 2.05) is 24.3 Å². The van der Waals surface area contributed by atoms with Crippen molar-refractivity contribution in [1.82, 2.24) is 0 Å². The Bertz CT molecular complexity index is 827. The maximum Gasteiger partial charge on any atom is 0.376 e. The zero-order valence-corrected chi connectivity index (χ0v) is 15.6. The van der Waals surface area contributed by atoms with Gasteiger partial charge in [0, 0.05) is 19.6 Å². The molecule has 0 aliphatic rings. The highest BCUT2D eigenvalue weighted by Gasteiger charge is 2.35. The molecule has 0 aliphatic heterocycles. The molecule has 2 aromatic carbocycles. The smallest absolute Gasteiger partial charge is 0.376 e. The number of rotatable bonds is 4. The van der Waals surface area contributed by atoms with Crippen molar-refractivity contribution in [3.8, 4) is 17.2 Å². The Morgan fingerprint density at radius 1 is 1.12 bits per heavy atom. The average Bonchev–Trinajstić information content (AvgIpc) is 2.51. The number of methoxy groups -OCH3 is 1. The number of fused-ring (bicyclic) bond motifs is 1. The quantitative estimate of drug-likeness (QED) is 0.520. The van der Waals surface area contributed by atoms with Crippen LogP contribution in [0.5, 0.6) is 5.75 Å². The molecule has 1 unspecified atom stereocenters. The number of ether oxygens (including phenoxy) is 2. The first-order valence-electron chi connectivity index (χ1n) is 7.67. The van der Waals surface area contributed by atoms with Gasteiger partial charge in [-0.3, -0.25) is 0 Å². The van der Waals surface area contributed by atoms with Crippen molar-refractivity contribution in [3.63, 3.8) is 0 Å². The van der Waals surface area contributed by atoms with Crippen LogP contribution >= 0.6 is 0 Å². The van der Waals surface area contributed by atoms with E-state index in [9.17, 15) is 9.90 Å². The molecule has 4 nitrogen and oxygen atoms in total. The van der Waals surface area contributed by atoms with Crippen LogP contribution in [0.15, 0.2) is 36.4 Å². The second-order valence-corrected chi connectivity index (χ2v) is 11.5. The Morgan fingerprint density at radius 2 is 1.79 bits per heavy atom. The summed E-state index contributed by atoms with van der Waals surface area (Å²) >= 11 is 0. The third kappa shape index (κ3) is 4.37. The Balaban J connectivity index is 2.38. The molecule has 2 aromatic rings. The monoisotopic (exact) mass is 342 g/mol. The summed E-state index contributed by atoms with van der Waals surface area (Å²) < 4.78 is 10.5. The SMILES string of the molecule is COC(C)(Oc1ccc2ccc(C#C[Si](C)(C)C)cc2c1)C(=O)O. The fraction of sp³-hybridized carbons (Fsp3) is 0.316. The molecule has 5 heteroatoms. The minimum atomic E-state index is -1.72. The lowest BCUT2D eigenvalue weighted by Crippen LogP contribution is -2.43. The van der Waals surface area contributed by atoms with E-state index in [-0.39, 0.29) is 0 Å². The van der Waals surface area contributed by atoms with Crippen LogP contribution in [-0.2, 0) is 9.53 Å². The van der Waals surface area contributed by atoms with Crippen molar-refractivity contribution in [2.75, 3.05) is 7.11 Å². The maximum atomic E-state index is 11.3. The normalized spacial score (nSPS) is 13.7. The summed E-state index contributed by atoms with van der Waals surface area (Å²) in [6, 6.07) is 11.4. The topological polar surface area (TPSA) is 55.8 Å². The van der Waals surface area contributed by atoms with Crippen LogP contribution in [0.3, 0.4) is 0 Å². The van der Waals surface area contributed by atoms with Crippen molar-refractivity contribution < 1.29 is 19.4 Å². The molecule has 126 valence electrons. The van der Waals surface area contributed by atoms with E-state index in [1.54, 1.807) is 12.1 Å². The zero-order chi connectivity index (χ0) is 18.0. The Hall–Kier alpha value is -2.29. The van der Waals surface area contributed by atoms with Gasteiger partial charge in [-0.2, -0.15) is 0 Å². The first kappa shape index (κ1) is 18.1. The maximum absolute atomic E-state index is 11.3. The molecule has 0 bridgehead atoms. The molecule has 0 spiro atoms. The molecule has 1 atom stereocenters. The summed E-state index contributed by atoms with van der Waals surface area (Å²) in [6.07, 6.45) is 0. The van der Waals surface area contributed by atoms with Crippen LogP contribution in [0.4, 0.5) is 0 Å². The van der Waals surface area contributed by atoms with Crippen molar-refractivity contribution in [2.24, 2.45) is 0 Å². The van der Waals surface area contributed by atoms with Crippen molar-refractivity contribution in [3.05, 3.63) is 42.0 Å². The van der Waals surface area contributed by atoms with Gasteiger partial charge in [0.05, 0.1) is 0 Å². The van der Waals surface area contributed by atoms with Gasteiger partial charge < -0.3 is 14.6 Å². The van der Waals surface area contributed by atoms with E-state index in [2.05, 4.69) is 31.1 Å². The minimum absolute atomic E-state index is 0.435.